The van der Waals surface area contributed by atoms with Crippen LogP contribution in [0.15, 0.2) is 12.2 Å². The minimum Gasteiger partial charge on any atom is -0.389 e. The summed E-state index contributed by atoms with van der Waals surface area (Å²) in [5.41, 5.74) is 0.999. The zero-order chi connectivity index (χ0) is 9.56. The van der Waals surface area contributed by atoms with Gasteiger partial charge in [-0.15, -0.1) is 0 Å². The lowest BCUT2D eigenvalue weighted by Crippen LogP contribution is -2.10. The topological polar surface area (TPSA) is 20.2 Å². The molecule has 0 saturated carbocycles. The van der Waals surface area contributed by atoms with Crippen LogP contribution in [0.5, 0.6) is 0 Å². The Morgan fingerprint density at radius 2 is 2.00 bits per heavy atom. The molecule has 0 radical (unpaired) electrons. The summed E-state index contributed by atoms with van der Waals surface area (Å²) in [5.74, 6) is 0.605. The molecule has 12 heavy (non-hydrogen) atoms. The summed E-state index contributed by atoms with van der Waals surface area (Å²) in [6.07, 6.45) is 3.80. The first kappa shape index (κ1) is 11.7. The largest absolute Gasteiger partial charge is 0.389 e. The van der Waals surface area contributed by atoms with Gasteiger partial charge in [-0.1, -0.05) is 40.2 Å². The molecule has 1 N–H and O–H groups in total. The maximum absolute atomic E-state index is 9.60. The number of hydrogen-bond acceptors (Lipinski definition) is 1. The summed E-state index contributed by atoms with van der Waals surface area (Å²) in [6, 6.07) is 0. The van der Waals surface area contributed by atoms with E-state index in [9.17, 15) is 5.11 Å². The predicted molar refractivity (Wildman–Crippen MR) is 54.1 cm³/mol. The van der Waals surface area contributed by atoms with Crippen molar-refractivity contribution in [3.63, 3.8) is 0 Å². The Labute approximate surface area is 76.5 Å². The van der Waals surface area contributed by atoms with Gasteiger partial charge in [0.1, 0.15) is 0 Å². The molecule has 1 atom stereocenters. The lowest BCUT2D eigenvalue weighted by Gasteiger charge is -2.14. The maximum atomic E-state index is 9.60. The summed E-state index contributed by atoms with van der Waals surface area (Å²) in [7, 11) is 0. The molecule has 0 rings (SSSR count). The van der Waals surface area contributed by atoms with Crippen molar-refractivity contribution in [2.24, 2.45) is 5.92 Å². The number of unbranched alkanes of at least 4 members (excludes halogenated alkanes) is 1. The third kappa shape index (κ3) is 5.36. The van der Waals surface area contributed by atoms with Crippen LogP contribution in [0.3, 0.4) is 0 Å². The highest BCUT2D eigenvalue weighted by molar-refractivity contribution is 5.01. The number of aliphatic hydroxyl groups is 1. The van der Waals surface area contributed by atoms with Crippen LogP contribution in [0, 0.1) is 5.92 Å². The number of rotatable bonds is 6. The van der Waals surface area contributed by atoms with Crippen LogP contribution in [-0.2, 0) is 0 Å². The van der Waals surface area contributed by atoms with Gasteiger partial charge in [0.25, 0.3) is 0 Å². The van der Waals surface area contributed by atoms with Crippen molar-refractivity contribution >= 4 is 0 Å². The van der Waals surface area contributed by atoms with Crippen LogP contribution in [0.4, 0.5) is 0 Å². The monoisotopic (exact) mass is 170 g/mol. The second-order valence-electron chi connectivity index (χ2n) is 3.91. The van der Waals surface area contributed by atoms with E-state index in [1.54, 1.807) is 0 Å². The second kappa shape index (κ2) is 6.24. The summed E-state index contributed by atoms with van der Waals surface area (Å²) in [4.78, 5) is 0. The summed E-state index contributed by atoms with van der Waals surface area (Å²) < 4.78 is 0. The molecule has 0 aromatic carbocycles. The van der Waals surface area contributed by atoms with Gasteiger partial charge in [0, 0.05) is 0 Å². The third-order valence-corrected chi connectivity index (χ3v) is 1.97. The van der Waals surface area contributed by atoms with E-state index in [-0.39, 0.29) is 6.10 Å². The van der Waals surface area contributed by atoms with E-state index in [1.165, 1.54) is 0 Å². The molecule has 0 aliphatic carbocycles. The van der Waals surface area contributed by atoms with Gasteiger partial charge in [0.15, 0.2) is 0 Å². The molecule has 0 aromatic heterocycles. The van der Waals surface area contributed by atoms with E-state index in [0.29, 0.717) is 5.92 Å². The zero-order valence-electron chi connectivity index (χ0n) is 8.64. The van der Waals surface area contributed by atoms with E-state index < -0.39 is 0 Å². The van der Waals surface area contributed by atoms with Crippen LogP contribution in [0.2, 0.25) is 0 Å². The first-order valence-corrected chi connectivity index (χ1v) is 4.93. The van der Waals surface area contributed by atoms with Crippen LogP contribution in [0.1, 0.15) is 46.5 Å². The molecule has 0 amide bonds. The fourth-order valence-corrected chi connectivity index (χ4v) is 1.26. The van der Waals surface area contributed by atoms with E-state index in [0.717, 1.165) is 31.3 Å². The fourth-order valence-electron chi connectivity index (χ4n) is 1.26. The van der Waals surface area contributed by atoms with Gasteiger partial charge in [0.05, 0.1) is 6.10 Å². The molecule has 1 nitrogen and oxygen atoms in total. The summed E-state index contributed by atoms with van der Waals surface area (Å²) in [6.45, 7) is 10.3. The minimum atomic E-state index is -0.271. The lowest BCUT2D eigenvalue weighted by molar-refractivity contribution is 0.190. The molecule has 0 saturated heterocycles. The van der Waals surface area contributed by atoms with Crippen molar-refractivity contribution < 1.29 is 5.11 Å². The third-order valence-electron chi connectivity index (χ3n) is 1.97. The van der Waals surface area contributed by atoms with Crippen molar-refractivity contribution in [3.8, 4) is 0 Å². The van der Waals surface area contributed by atoms with Gasteiger partial charge < -0.3 is 5.11 Å². The van der Waals surface area contributed by atoms with E-state index in [1.807, 2.05) is 0 Å². The van der Waals surface area contributed by atoms with Gasteiger partial charge in [-0.25, -0.2) is 0 Å². The number of hydrogen-bond donors (Lipinski definition) is 1. The predicted octanol–water partition coefficient (Wildman–Crippen LogP) is 3.14. The molecule has 1 unspecified atom stereocenters. The quantitative estimate of drug-likeness (QED) is 0.607. The normalized spacial score (nSPS) is 13.4. The molecule has 0 spiro atoms. The highest BCUT2D eigenvalue weighted by Crippen LogP contribution is 2.16. The maximum Gasteiger partial charge on any atom is 0.0747 e. The van der Waals surface area contributed by atoms with Gasteiger partial charge in [-0.3, -0.25) is 0 Å². The first-order chi connectivity index (χ1) is 5.57. The molecule has 0 fully saturated rings. The van der Waals surface area contributed by atoms with Crippen LogP contribution in [0.25, 0.3) is 0 Å². The molecular weight excluding hydrogens is 148 g/mol. The van der Waals surface area contributed by atoms with E-state index in [2.05, 4.69) is 27.4 Å². The molecule has 0 aliphatic heterocycles. The van der Waals surface area contributed by atoms with E-state index in [4.69, 9.17) is 0 Å². The molecule has 72 valence electrons. The van der Waals surface area contributed by atoms with Crippen molar-refractivity contribution in [2.75, 3.05) is 0 Å². The first-order valence-electron chi connectivity index (χ1n) is 4.93. The smallest absolute Gasteiger partial charge is 0.0747 e. The molecule has 0 aromatic rings. The van der Waals surface area contributed by atoms with Crippen molar-refractivity contribution in [2.45, 2.75) is 52.6 Å². The zero-order valence-corrected chi connectivity index (χ0v) is 8.64. The highest BCUT2D eigenvalue weighted by Gasteiger charge is 2.08. The Morgan fingerprint density at radius 1 is 1.42 bits per heavy atom. The SMILES string of the molecule is C=C(CC(C)C)C(O)CCCC. The van der Waals surface area contributed by atoms with Crippen LogP contribution >= 0.6 is 0 Å². The van der Waals surface area contributed by atoms with Crippen molar-refractivity contribution in [1.82, 2.24) is 0 Å². The fraction of sp³-hybridized carbons (Fsp3) is 0.818. The van der Waals surface area contributed by atoms with Crippen LogP contribution < -0.4 is 0 Å². The molecular formula is C11H22O. The summed E-state index contributed by atoms with van der Waals surface area (Å²) in [5, 5.41) is 9.60. The minimum absolute atomic E-state index is 0.271. The standard InChI is InChI=1S/C11H22O/c1-5-6-7-11(12)10(4)8-9(2)3/h9,11-12H,4-8H2,1-3H3. The highest BCUT2D eigenvalue weighted by atomic mass is 16.3. The molecule has 0 bridgehead atoms. The lowest BCUT2D eigenvalue weighted by atomic mass is 9.97. The van der Waals surface area contributed by atoms with E-state index >= 15 is 0 Å². The molecule has 0 aliphatic rings. The van der Waals surface area contributed by atoms with Crippen LogP contribution in [-0.4, -0.2) is 11.2 Å². The average Bonchev–Trinajstić information content (AvgIpc) is 1.98. The molecule has 1 heteroatoms. The Bertz CT molecular complexity index is 127. The average molecular weight is 170 g/mol. The van der Waals surface area contributed by atoms with Gasteiger partial charge in [-0.2, -0.15) is 0 Å². The Balaban J connectivity index is 3.61. The number of aliphatic hydroxyl groups excluding tert-OH is 1. The molecule has 0 heterocycles. The Morgan fingerprint density at radius 3 is 2.42 bits per heavy atom. The summed E-state index contributed by atoms with van der Waals surface area (Å²) >= 11 is 0. The van der Waals surface area contributed by atoms with Crippen molar-refractivity contribution in [3.05, 3.63) is 12.2 Å². The van der Waals surface area contributed by atoms with Gasteiger partial charge in [-0.05, 0) is 24.3 Å². The van der Waals surface area contributed by atoms with Gasteiger partial charge >= 0.3 is 0 Å². The van der Waals surface area contributed by atoms with Crippen molar-refractivity contribution in [1.29, 1.82) is 0 Å². The Hall–Kier alpha value is -0.300. The Kier molecular flexibility index (Phi) is 6.09. The van der Waals surface area contributed by atoms with Gasteiger partial charge in [0.2, 0.25) is 0 Å². The second-order valence-corrected chi connectivity index (χ2v) is 3.91.